The van der Waals surface area contributed by atoms with Crippen LogP contribution in [0.1, 0.15) is 31.3 Å². The van der Waals surface area contributed by atoms with Gasteiger partial charge in [-0.1, -0.05) is 19.1 Å². The van der Waals surface area contributed by atoms with E-state index in [1.54, 1.807) is 6.20 Å². The van der Waals surface area contributed by atoms with Gasteiger partial charge in [0.1, 0.15) is 5.82 Å². The van der Waals surface area contributed by atoms with Crippen molar-refractivity contribution in [3.05, 3.63) is 48.0 Å². The summed E-state index contributed by atoms with van der Waals surface area (Å²) in [6.45, 7) is 5.10. The molecule has 1 aromatic carbocycles. The van der Waals surface area contributed by atoms with Gasteiger partial charge in [0.15, 0.2) is 0 Å². The van der Waals surface area contributed by atoms with E-state index < -0.39 is 6.10 Å². The number of nitrogens with zero attached hydrogens (tertiary/aromatic N) is 2. The molecular weight excluding hydrogens is 256 g/mol. The van der Waals surface area contributed by atoms with E-state index in [-0.39, 0.29) is 0 Å². The summed E-state index contributed by atoms with van der Waals surface area (Å²) in [5.41, 5.74) is 0.950. The number of hydrogen-bond acceptors (Lipinski definition) is 3. The highest BCUT2D eigenvalue weighted by Gasteiger charge is 2.12. The molecule has 102 valence electrons. The molecule has 0 bridgehead atoms. The quantitative estimate of drug-likeness (QED) is 0.823. The van der Waals surface area contributed by atoms with Crippen molar-refractivity contribution in [3.8, 4) is 0 Å². The van der Waals surface area contributed by atoms with Gasteiger partial charge in [-0.15, -0.1) is 11.8 Å². The maximum atomic E-state index is 10.3. The van der Waals surface area contributed by atoms with Gasteiger partial charge < -0.3 is 9.67 Å². The lowest BCUT2D eigenvalue weighted by Gasteiger charge is -2.12. The predicted molar refractivity (Wildman–Crippen MR) is 79.4 cm³/mol. The Labute approximate surface area is 118 Å². The van der Waals surface area contributed by atoms with Crippen LogP contribution < -0.4 is 0 Å². The van der Waals surface area contributed by atoms with E-state index >= 15 is 0 Å². The minimum absolute atomic E-state index is 0.492. The van der Waals surface area contributed by atoms with Crippen LogP contribution in [0, 0.1) is 0 Å². The van der Waals surface area contributed by atoms with E-state index in [9.17, 15) is 5.11 Å². The highest BCUT2D eigenvalue weighted by Crippen LogP contribution is 2.22. The van der Waals surface area contributed by atoms with Crippen LogP contribution in [0.25, 0.3) is 0 Å². The summed E-state index contributed by atoms with van der Waals surface area (Å²) in [5, 5.41) is 10.3. The Bertz CT molecular complexity index is 507. The third-order valence-electron chi connectivity index (χ3n) is 3.09. The normalized spacial score (nSPS) is 12.6. The molecule has 0 aliphatic heterocycles. The largest absolute Gasteiger partial charge is 0.388 e. The lowest BCUT2D eigenvalue weighted by molar-refractivity contribution is 0.174. The van der Waals surface area contributed by atoms with Gasteiger partial charge >= 0.3 is 0 Å². The summed E-state index contributed by atoms with van der Waals surface area (Å²) in [5.74, 6) is 2.00. The number of aliphatic hydroxyl groups is 1. The lowest BCUT2D eigenvalue weighted by Crippen LogP contribution is -2.08. The van der Waals surface area contributed by atoms with Gasteiger partial charge in [-0.05, 0) is 30.4 Å². The van der Waals surface area contributed by atoms with E-state index in [1.165, 1.54) is 4.90 Å². The summed E-state index contributed by atoms with van der Waals surface area (Å²) >= 11 is 1.81. The van der Waals surface area contributed by atoms with Gasteiger partial charge in [0.2, 0.25) is 0 Å². The maximum absolute atomic E-state index is 10.3. The molecule has 1 heterocycles. The van der Waals surface area contributed by atoms with E-state index in [1.807, 2.05) is 30.1 Å². The first-order valence-electron chi connectivity index (χ1n) is 6.65. The highest BCUT2D eigenvalue weighted by atomic mass is 32.2. The van der Waals surface area contributed by atoms with Crippen LogP contribution in [-0.4, -0.2) is 20.4 Å². The number of aliphatic hydroxyl groups excluding tert-OH is 1. The molecule has 4 heteroatoms. The smallest absolute Gasteiger partial charge is 0.111 e. The van der Waals surface area contributed by atoms with Crippen LogP contribution >= 0.6 is 11.8 Å². The summed E-state index contributed by atoms with van der Waals surface area (Å²) in [4.78, 5) is 5.54. The number of aryl methyl sites for hydroxylation is 1. The van der Waals surface area contributed by atoms with Gasteiger partial charge in [0.05, 0.1) is 6.10 Å². The third kappa shape index (κ3) is 3.61. The van der Waals surface area contributed by atoms with Crippen molar-refractivity contribution in [1.29, 1.82) is 0 Å². The monoisotopic (exact) mass is 276 g/mol. The second-order valence-corrected chi connectivity index (χ2v) is 5.69. The molecule has 0 spiro atoms. The zero-order valence-electron chi connectivity index (χ0n) is 11.4. The topological polar surface area (TPSA) is 38.1 Å². The molecule has 1 unspecified atom stereocenters. The van der Waals surface area contributed by atoms with Gasteiger partial charge in [-0.3, -0.25) is 0 Å². The van der Waals surface area contributed by atoms with Gasteiger partial charge in [-0.2, -0.15) is 0 Å². The average Bonchev–Trinajstić information content (AvgIpc) is 2.87. The molecule has 0 aliphatic carbocycles. The Morgan fingerprint density at radius 3 is 2.63 bits per heavy atom. The highest BCUT2D eigenvalue weighted by molar-refractivity contribution is 7.99. The second-order valence-electron chi connectivity index (χ2n) is 4.35. The fourth-order valence-electron chi connectivity index (χ4n) is 2.06. The molecule has 19 heavy (non-hydrogen) atoms. The predicted octanol–water partition coefficient (Wildman–Crippen LogP) is 3.29. The van der Waals surface area contributed by atoms with Gasteiger partial charge in [-0.25, -0.2) is 4.98 Å². The van der Waals surface area contributed by atoms with Crippen molar-refractivity contribution in [2.75, 3.05) is 5.75 Å². The molecule has 0 radical (unpaired) electrons. The van der Waals surface area contributed by atoms with Crippen molar-refractivity contribution in [2.24, 2.45) is 0 Å². The zero-order valence-corrected chi connectivity index (χ0v) is 12.2. The maximum Gasteiger partial charge on any atom is 0.111 e. The first-order chi connectivity index (χ1) is 9.24. The lowest BCUT2D eigenvalue weighted by atomic mass is 10.1. The summed E-state index contributed by atoms with van der Waals surface area (Å²) in [7, 11) is 0. The fourth-order valence-corrected chi connectivity index (χ4v) is 2.72. The Hall–Kier alpha value is -1.26. The summed E-state index contributed by atoms with van der Waals surface area (Å²) in [6.07, 6.45) is 3.80. The molecule has 0 amide bonds. The molecule has 1 N–H and O–H groups in total. The van der Waals surface area contributed by atoms with E-state index in [0.717, 1.165) is 23.7 Å². The van der Waals surface area contributed by atoms with Crippen molar-refractivity contribution in [1.82, 2.24) is 9.55 Å². The molecule has 3 nitrogen and oxygen atoms in total. The summed E-state index contributed by atoms with van der Waals surface area (Å²) < 4.78 is 2.06. The first kappa shape index (κ1) is 14.2. The molecule has 2 aromatic rings. The van der Waals surface area contributed by atoms with Crippen LogP contribution in [0.3, 0.4) is 0 Å². The Morgan fingerprint density at radius 2 is 2.00 bits per heavy atom. The molecule has 1 aromatic heterocycles. The fraction of sp³-hybridized carbons (Fsp3) is 0.400. The van der Waals surface area contributed by atoms with E-state index in [0.29, 0.717) is 6.42 Å². The van der Waals surface area contributed by atoms with Crippen LogP contribution in [-0.2, 0) is 13.0 Å². The zero-order chi connectivity index (χ0) is 13.7. The van der Waals surface area contributed by atoms with Crippen LogP contribution in [0.5, 0.6) is 0 Å². The first-order valence-corrected chi connectivity index (χ1v) is 7.64. The molecular formula is C15H20N2OS. The van der Waals surface area contributed by atoms with E-state index in [2.05, 4.69) is 35.5 Å². The molecule has 1 atom stereocenters. The molecule has 0 aliphatic rings. The van der Waals surface area contributed by atoms with Crippen molar-refractivity contribution in [3.63, 3.8) is 0 Å². The van der Waals surface area contributed by atoms with Crippen LogP contribution in [0.15, 0.2) is 41.6 Å². The van der Waals surface area contributed by atoms with Crippen LogP contribution in [0.4, 0.5) is 0 Å². The minimum atomic E-state index is -0.492. The second kappa shape index (κ2) is 6.78. The average molecular weight is 276 g/mol. The van der Waals surface area contributed by atoms with E-state index in [4.69, 9.17) is 0 Å². The number of aromatic nitrogens is 2. The molecule has 0 fully saturated rings. The Morgan fingerprint density at radius 1 is 1.26 bits per heavy atom. The van der Waals surface area contributed by atoms with Crippen molar-refractivity contribution in [2.45, 2.75) is 37.8 Å². The van der Waals surface area contributed by atoms with Crippen molar-refractivity contribution >= 4 is 11.8 Å². The number of benzene rings is 1. The Kier molecular flexibility index (Phi) is 5.05. The number of imidazole rings is 1. The van der Waals surface area contributed by atoms with Gasteiger partial charge in [0.25, 0.3) is 0 Å². The standard InChI is InChI=1S/C15H20N2OS/c1-3-17-10-9-16-15(17)11-14(18)12-5-7-13(8-6-12)19-4-2/h5-10,14,18H,3-4,11H2,1-2H3. The third-order valence-corrected chi connectivity index (χ3v) is 3.99. The SMILES string of the molecule is CCSc1ccc(C(O)Cc2nccn2CC)cc1. The molecule has 2 rings (SSSR count). The molecule has 0 saturated heterocycles. The Balaban J connectivity index is 2.05. The number of rotatable bonds is 6. The van der Waals surface area contributed by atoms with Crippen LogP contribution in [0.2, 0.25) is 0 Å². The van der Waals surface area contributed by atoms with Crippen molar-refractivity contribution < 1.29 is 5.11 Å². The van der Waals surface area contributed by atoms with Gasteiger partial charge in [0, 0.05) is 30.3 Å². The number of hydrogen-bond donors (Lipinski definition) is 1. The number of thioether (sulfide) groups is 1. The summed E-state index contributed by atoms with van der Waals surface area (Å²) in [6, 6.07) is 8.14. The molecule has 0 saturated carbocycles. The minimum Gasteiger partial charge on any atom is -0.388 e.